The molecule has 4 nitrogen and oxygen atoms in total. The molecule has 1 N–H and O–H groups in total. The number of hydrazone groups is 1. The van der Waals surface area contributed by atoms with Crippen molar-refractivity contribution in [1.29, 1.82) is 0 Å². The summed E-state index contributed by atoms with van der Waals surface area (Å²) in [7, 11) is 0. The lowest BCUT2D eigenvalue weighted by Crippen LogP contribution is -2.10. The number of hydrogen-bond acceptors (Lipinski definition) is 5. The van der Waals surface area contributed by atoms with Gasteiger partial charge in [-0.2, -0.15) is 5.10 Å². The van der Waals surface area contributed by atoms with E-state index in [1.165, 1.54) is 16.9 Å². The van der Waals surface area contributed by atoms with Gasteiger partial charge < -0.3 is 4.74 Å². The van der Waals surface area contributed by atoms with Crippen LogP contribution < -0.4 is 10.2 Å². The summed E-state index contributed by atoms with van der Waals surface area (Å²) in [4.78, 5) is 4.60. The smallest absolute Gasteiger partial charge is 0.203 e. The Labute approximate surface area is 187 Å². The van der Waals surface area contributed by atoms with E-state index in [9.17, 15) is 0 Å². The highest BCUT2D eigenvalue weighted by molar-refractivity contribution is 7.14. The molecule has 0 amide bonds. The number of anilines is 1. The van der Waals surface area contributed by atoms with Crippen LogP contribution in [0, 0.1) is 0 Å². The normalized spacial score (nSPS) is 11.6. The molecule has 4 rings (SSSR count). The zero-order valence-corrected chi connectivity index (χ0v) is 18.7. The second-order valence-corrected chi connectivity index (χ2v) is 9.05. The Morgan fingerprint density at radius 2 is 1.71 bits per heavy atom. The van der Waals surface area contributed by atoms with Gasteiger partial charge in [-0.05, 0) is 35.2 Å². The first-order valence-electron chi connectivity index (χ1n) is 10.2. The summed E-state index contributed by atoms with van der Waals surface area (Å²) in [5, 5.41) is 7.13. The second-order valence-electron chi connectivity index (χ2n) is 8.19. The van der Waals surface area contributed by atoms with Gasteiger partial charge in [0.2, 0.25) is 5.13 Å². The summed E-state index contributed by atoms with van der Waals surface area (Å²) in [6.45, 7) is 6.58. The Hall–Kier alpha value is -3.44. The van der Waals surface area contributed by atoms with Crippen molar-refractivity contribution < 1.29 is 4.74 Å². The van der Waals surface area contributed by atoms with Gasteiger partial charge in [-0.15, -0.1) is 11.3 Å². The molecular formula is C26H25N3OS. The topological polar surface area (TPSA) is 46.5 Å². The molecule has 0 spiro atoms. The molecule has 4 aromatic rings. The van der Waals surface area contributed by atoms with Gasteiger partial charge in [-0.25, -0.2) is 4.98 Å². The van der Waals surface area contributed by atoms with Crippen LogP contribution in [0.3, 0.4) is 0 Å². The van der Waals surface area contributed by atoms with Gasteiger partial charge in [0.05, 0.1) is 11.9 Å². The molecule has 0 radical (unpaired) electrons. The maximum atomic E-state index is 6.18. The quantitative estimate of drug-likeness (QED) is 0.258. The van der Waals surface area contributed by atoms with Gasteiger partial charge in [0.25, 0.3) is 0 Å². The van der Waals surface area contributed by atoms with Crippen molar-refractivity contribution in [2.75, 3.05) is 5.43 Å². The van der Waals surface area contributed by atoms with Gasteiger partial charge >= 0.3 is 0 Å². The van der Waals surface area contributed by atoms with E-state index < -0.39 is 0 Å². The third-order valence-electron chi connectivity index (χ3n) is 4.78. The molecule has 0 aliphatic rings. The molecular weight excluding hydrogens is 402 g/mol. The van der Waals surface area contributed by atoms with E-state index in [0.717, 1.165) is 33.5 Å². The van der Waals surface area contributed by atoms with Crippen molar-refractivity contribution in [2.24, 2.45) is 5.10 Å². The highest BCUT2D eigenvalue weighted by Gasteiger charge is 2.14. The molecule has 156 valence electrons. The molecule has 0 saturated carbocycles. The second kappa shape index (κ2) is 9.14. The number of nitrogens with one attached hydrogen (secondary N) is 1. The van der Waals surface area contributed by atoms with Crippen molar-refractivity contribution in [3.05, 3.63) is 95.4 Å². The predicted octanol–water partition coefficient (Wildman–Crippen LogP) is 7.35. The van der Waals surface area contributed by atoms with Gasteiger partial charge in [0.15, 0.2) is 0 Å². The predicted molar refractivity (Wildman–Crippen MR) is 130 cm³/mol. The van der Waals surface area contributed by atoms with Crippen LogP contribution in [0.2, 0.25) is 0 Å². The largest absolute Gasteiger partial charge is 0.457 e. The van der Waals surface area contributed by atoms with Crippen LogP contribution in [0.15, 0.2) is 89.3 Å². The number of benzene rings is 3. The van der Waals surface area contributed by atoms with Crippen LogP contribution in [-0.2, 0) is 5.41 Å². The number of para-hydroxylation sites is 1. The molecule has 5 heteroatoms. The highest BCUT2D eigenvalue weighted by Crippen LogP contribution is 2.30. The molecule has 3 aromatic carbocycles. The maximum absolute atomic E-state index is 6.18. The Morgan fingerprint density at radius 1 is 0.935 bits per heavy atom. The van der Waals surface area contributed by atoms with E-state index in [0.29, 0.717) is 0 Å². The SMILES string of the molecule is CC(C)(C)c1cccc(Oc2ccccc2C=NNc2nc(-c3ccccc3)cs2)c1. The van der Waals surface area contributed by atoms with E-state index in [1.54, 1.807) is 6.21 Å². The van der Waals surface area contributed by atoms with Crippen LogP contribution in [0.1, 0.15) is 31.9 Å². The lowest BCUT2D eigenvalue weighted by atomic mass is 9.87. The summed E-state index contributed by atoms with van der Waals surface area (Å²) < 4.78 is 6.18. The van der Waals surface area contributed by atoms with Gasteiger partial charge in [0, 0.05) is 16.5 Å². The molecule has 0 atom stereocenters. The molecule has 0 saturated heterocycles. The van der Waals surface area contributed by atoms with Crippen LogP contribution >= 0.6 is 11.3 Å². The lowest BCUT2D eigenvalue weighted by molar-refractivity contribution is 0.478. The summed E-state index contributed by atoms with van der Waals surface area (Å²) >= 11 is 1.52. The molecule has 1 aromatic heterocycles. The minimum absolute atomic E-state index is 0.0660. The first kappa shape index (κ1) is 20.8. The number of thiazole rings is 1. The highest BCUT2D eigenvalue weighted by atomic mass is 32.1. The van der Waals surface area contributed by atoms with Gasteiger partial charge in [-0.3, -0.25) is 5.43 Å². The maximum Gasteiger partial charge on any atom is 0.203 e. The third kappa shape index (κ3) is 5.38. The Morgan fingerprint density at radius 3 is 2.52 bits per heavy atom. The van der Waals surface area contributed by atoms with Crippen molar-refractivity contribution in [3.63, 3.8) is 0 Å². The summed E-state index contributed by atoms with van der Waals surface area (Å²) in [5.41, 5.74) is 7.23. The average molecular weight is 428 g/mol. The van der Waals surface area contributed by atoms with Crippen LogP contribution in [0.5, 0.6) is 11.5 Å². The molecule has 31 heavy (non-hydrogen) atoms. The van der Waals surface area contributed by atoms with Crippen LogP contribution in [0.25, 0.3) is 11.3 Å². The minimum atomic E-state index is 0.0660. The van der Waals surface area contributed by atoms with Crippen molar-refractivity contribution in [3.8, 4) is 22.8 Å². The zero-order chi connectivity index (χ0) is 21.7. The Balaban J connectivity index is 1.47. The molecule has 0 unspecified atom stereocenters. The molecule has 1 heterocycles. The van der Waals surface area contributed by atoms with Crippen LogP contribution in [-0.4, -0.2) is 11.2 Å². The van der Waals surface area contributed by atoms with Crippen molar-refractivity contribution >= 4 is 22.7 Å². The number of hydrogen-bond donors (Lipinski definition) is 1. The summed E-state index contributed by atoms with van der Waals surface area (Å²) in [6.07, 6.45) is 1.76. The standard InChI is InChI=1S/C26H25N3OS/c1-26(2,3)21-13-9-14-22(16-21)30-24-15-8-7-12-20(24)17-27-29-25-28-23(18-31-25)19-10-5-4-6-11-19/h4-18H,1-3H3,(H,28,29). The Kier molecular flexibility index (Phi) is 6.14. The Bertz CT molecular complexity index is 1180. The third-order valence-corrected chi connectivity index (χ3v) is 5.53. The average Bonchev–Trinajstić information content (AvgIpc) is 3.24. The van der Waals surface area contributed by atoms with Crippen molar-refractivity contribution in [2.45, 2.75) is 26.2 Å². The fourth-order valence-corrected chi connectivity index (χ4v) is 3.73. The van der Waals surface area contributed by atoms with Crippen LogP contribution in [0.4, 0.5) is 5.13 Å². The van der Waals surface area contributed by atoms with Gasteiger partial charge in [0.1, 0.15) is 11.5 Å². The fourth-order valence-electron chi connectivity index (χ4n) is 3.06. The molecule has 0 aliphatic carbocycles. The molecule has 0 bridgehead atoms. The summed E-state index contributed by atoms with van der Waals surface area (Å²) in [6, 6.07) is 26.2. The first-order chi connectivity index (χ1) is 15.0. The van der Waals surface area contributed by atoms with E-state index in [-0.39, 0.29) is 5.41 Å². The molecule has 0 fully saturated rings. The first-order valence-corrected chi connectivity index (χ1v) is 11.0. The minimum Gasteiger partial charge on any atom is -0.457 e. The fraction of sp³-hybridized carbons (Fsp3) is 0.154. The summed E-state index contributed by atoms with van der Waals surface area (Å²) in [5.74, 6) is 1.57. The van der Waals surface area contributed by atoms with E-state index >= 15 is 0 Å². The number of ether oxygens (including phenoxy) is 1. The number of nitrogens with zero attached hydrogens (tertiary/aromatic N) is 2. The van der Waals surface area contributed by atoms with E-state index in [2.05, 4.69) is 48.4 Å². The number of aromatic nitrogens is 1. The monoisotopic (exact) mass is 427 g/mol. The van der Waals surface area contributed by atoms with Gasteiger partial charge in [-0.1, -0.05) is 75.4 Å². The zero-order valence-electron chi connectivity index (χ0n) is 17.9. The number of rotatable bonds is 6. The molecule has 0 aliphatic heterocycles. The lowest BCUT2D eigenvalue weighted by Gasteiger charge is -2.20. The van der Waals surface area contributed by atoms with E-state index in [1.807, 2.05) is 72.1 Å². The van der Waals surface area contributed by atoms with E-state index in [4.69, 9.17) is 4.74 Å². The van der Waals surface area contributed by atoms with Crippen molar-refractivity contribution in [1.82, 2.24) is 4.98 Å².